The van der Waals surface area contributed by atoms with Gasteiger partial charge in [-0.15, -0.1) is 0 Å². The molecule has 0 spiro atoms. The fourth-order valence-corrected chi connectivity index (χ4v) is 10.9. The second-order valence-corrected chi connectivity index (χ2v) is 16.3. The first kappa shape index (κ1) is 30.6. The van der Waals surface area contributed by atoms with E-state index in [0.29, 0.717) is 6.61 Å². The lowest BCUT2D eigenvalue weighted by molar-refractivity contribution is 0.294. The first-order valence-electron chi connectivity index (χ1n) is 15.4. The largest absolute Gasteiger partial charge is 0.406 e. The third-order valence-corrected chi connectivity index (χ3v) is 13.4. The van der Waals surface area contributed by atoms with Crippen LogP contribution < -0.4 is 21.0 Å². The molecule has 0 unspecified atom stereocenters. The third kappa shape index (κ3) is 6.58. The first-order valence-corrected chi connectivity index (χ1v) is 17.3. The molecule has 0 radical (unpaired) electrons. The summed E-state index contributed by atoms with van der Waals surface area (Å²) in [7, 11) is -2.54. The van der Waals surface area contributed by atoms with Gasteiger partial charge in [-0.25, -0.2) is 0 Å². The molecule has 5 rings (SSSR count). The lowest BCUT2D eigenvalue weighted by Gasteiger charge is -2.43. The Balaban J connectivity index is 1.31. The van der Waals surface area contributed by atoms with E-state index in [1.54, 1.807) is 0 Å². The molecule has 220 valence electrons. The number of nitrogens with one attached hydrogen (secondary N) is 2. The summed E-state index contributed by atoms with van der Waals surface area (Å²) in [4.78, 5) is 0. The van der Waals surface area contributed by atoms with E-state index in [2.05, 4.69) is 183 Å². The first-order chi connectivity index (χ1) is 21.0. The van der Waals surface area contributed by atoms with E-state index in [0.717, 1.165) is 19.6 Å². The monoisotopic (exact) mass is 584 g/mol. The van der Waals surface area contributed by atoms with E-state index in [1.807, 2.05) is 0 Å². The van der Waals surface area contributed by atoms with Crippen molar-refractivity contribution in [3.05, 3.63) is 168 Å². The molecule has 0 atom stereocenters. The molecule has 2 N–H and O–H groups in total. The standard InChI is InChI=1S/C39H44N2OSi/c1-38(2,3)43(36-25-15-7-16-26-36,37-27-17-8-18-28-37)42-32-31-40-29-30-41-39(33-19-9-4-10-20-33,34-21-11-5-12-22-34)35-23-13-6-14-24-35/h4-28,40-41H,29-32H2,1-3H3. The van der Waals surface area contributed by atoms with Crippen molar-refractivity contribution >= 4 is 18.7 Å². The van der Waals surface area contributed by atoms with Crippen molar-refractivity contribution in [1.29, 1.82) is 0 Å². The van der Waals surface area contributed by atoms with Crippen LogP contribution >= 0.6 is 0 Å². The van der Waals surface area contributed by atoms with Crippen LogP contribution in [0.4, 0.5) is 0 Å². The van der Waals surface area contributed by atoms with Crippen LogP contribution in [0.3, 0.4) is 0 Å². The van der Waals surface area contributed by atoms with Gasteiger partial charge >= 0.3 is 0 Å². The minimum absolute atomic E-state index is 0.0298. The molecule has 0 saturated carbocycles. The van der Waals surface area contributed by atoms with E-state index in [4.69, 9.17) is 4.43 Å². The Labute approximate surface area is 259 Å². The molecule has 0 saturated heterocycles. The molecule has 0 fully saturated rings. The van der Waals surface area contributed by atoms with Gasteiger partial charge in [-0.1, -0.05) is 172 Å². The predicted octanol–water partition coefficient (Wildman–Crippen LogP) is 6.73. The average molecular weight is 585 g/mol. The topological polar surface area (TPSA) is 33.3 Å². The average Bonchev–Trinajstić information content (AvgIpc) is 3.06. The van der Waals surface area contributed by atoms with Crippen molar-refractivity contribution < 1.29 is 4.43 Å². The van der Waals surface area contributed by atoms with Crippen LogP contribution in [-0.4, -0.2) is 34.6 Å². The highest BCUT2D eigenvalue weighted by molar-refractivity contribution is 6.99. The number of hydrogen-bond acceptors (Lipinski definition) is 3. The van der Waals surface area contributed by atoms with Crippen LogP contribution in [0, 0.1) is 0 Å². The number of benzene rings is 5. The van der Waals surface area contributed by atoms with Crippen LogP contribution in [0.15, 0.2) is 152 Å². The van der Waals surface area contributed by atoms with Gasteiger partial charge in [0.05, 0.1) is 5.54 Å². The van der Waals surface area contributed by atoms with Gasteiger partial charge in [-0.2, -0.15) is 0 Å². The molecular formula is C39H44N2OSi. The molecule has 0 aliphatic rings. The third-order valence-electron chi connectivity index (χ3n) is 8.33. The van der Waals surface area contributed by atoms with E-state index in [-0.39, 0.29) is 5.04 Å². The Morgan fingerprint density at radius 1 is 0.488 bits per heavy atom. The highest BCUT2D eigenvalue weighted by Crippen LogP contribution is 2.37. The van der Waals surface area contributed by atoms with Crippen LogP contribution in [-0.2, 0) is 9.96 Å². The van der Waals surface area contributed by atoms with Crippen molar-refractivity contribution in [1.82, 2.24) is 10.6 Å². The molecule has 43 heavy (non-hydrogen) atoms. The van der Waals surface area contributed by atoms with Crippen LogP contribution in [0.1, 0.15) is 37.5 Å². The SMILES string of the molecule is CC(C)(C)[Si](OCCNCCNC(c1ccccc1)(c1ccccc1)c1ccccc1)(c1ccccc1)c1ccccc1. The second kappa shape index (κ2) is 14.1. The fourth-order valence-electron chi connectivity index (χ4n) is 6.37. The van der Waals surface area contributed by atoms with Crippen molar-refractivity contribution in [2.45, 2.75) is 31.3 Å². The quantitative estimate of drug-likeness (QED) is 0.0914. The van der Waals surface area contributed by atoms with Crippen LogP contribution in [0.2, 0.25) is 5.04 Å². The van der Waals surface area contributed by atoms with Gasteiger partial charge in [-0.3, -0.25) is 5.32 Å². The minimum Gasteiger partial charge on any atom is -0.406 e. The zero-order valence-electron chi connectivity index (χ0n) is 25.7. The summed E-state index contributed by atoms with van der Waals surface area (Å²) in [5.74, 6) is 0. The summed E-state index contributed by atoms with van der Waals surface area (Å²) < 4.78 is 7.08. The molecule has 5 aromatic rings. The van der Waals surface area contributed by atoms with E-state index in [9.17, 15) is 0 Å². The minimum atomic E-state index is -2.54. The summed E-state index contributed by atoms with van der Waals surface area (Å²) in [6, 6.07) is 54.0. The predicted molar refractivity (Wildman–Crippen MR) is 184 cm³/mol. The van der Waals surface area contributed by atoms with Crippen molar-refractivity contribution in [3.8, 4) is 0 Å². The maximum absolute atomic E-state index is 7.08. The van der Waals surface area contributed by atoms with Crippen molar-refractivity contribution in [2.75, 3.05) is 26.2 Å². The molecular weight excluding hydrogens is 541 g/mol. The summed E-state index contributed by atoms with van der Waals surface area (Å²) in [6.45, 7) is 10.0. The number of rotatable bonds is 13. The summed E-state index contributed by atoms with van der Waals surface area (Å²) in [5.41, 5.74) is 3.21. The van der Waals surface area contributed by atoms with E-state index < -0.39 is 13.9 Å². The maximum Gasteiger partial charge on any atom is 0.261 e. The molecule has 0 bridgehead atoms. The van der Waals surface area contributed by atoms with Crippen LogP contribution in [0.5, 0.6) is 0 Å². The number of hydrogen-bond donors (Lipinski definition) is 2. The zero-order valence-corrected chi connectivity index (χ0v) is 26.7. The zero-order chi connectivity index (χ0) is 30.0. The lowest BCUT2D eigenvalue weighted by Crippen LogP contribution is -2.67. The smallest absolute Gasteiger partial charge is 0.261 e. The summed E-state index contributed by atoms with van der Waals surface area (Å²) in [5, 5.41) is 10.2. The Hall–Kier alpha value is -3.80. The van der Waals surface area contributed by atoms with Gasteiger partial charge in [0.1, 0.15) is 0 Å². The summed E-state index contributed by atoms with van der Waals surface area (Å²) in [6.07, 6.45) is 0. The van der Waals surface area contributed by atoms with Gasteiger partial charge < -0.3 is 9.74 Å². The van der Waals surface area contributed by atoms with Gasteiger partial charge in [0.2, 0.25) is 0 Å². The molecule has 0 heterocycles. The Bertz CT molecular complexity index is 1370. The van der Waals surface area contributed by atoms with Gasteiger partial charge in [-0.05, 0) is 32.1 Å². The van der Waals surface area contributed by atoms with Crippen molar-refractivity contribution in [3.63, 3.8) is 0 Å². The Morgan fingerprint density at radius 2 is 0.860 bits per heavy atom. The van der Waals surface area contributed by atoms with Gasteiger partial charge in [0, 0.05) is 26.2 Å². The normalized spacial score (nSPS) is 12.3. The van der Waals surface area contributed by atoms with E-state index in [1.165, 1.54) is 27.1 Å². The molecule has 4 heteroatoms. The highest BCUT2D eigenvalue weighted by Gasteiger charge is 2.50. The second-order valence-electron chi connectivity index (χ2n) is 12.0. The van der Waals surface area contributed by atoms with Gasteiger partial charge in [0.25, 0.3) is 8.32 Å². The molecule has 0 aromatic heterocycles. The Morgan fingerprint density at radius 3 is 1.23 bits per heavy atom. The van der Waals surface area contributed by atoms with Crippen LogP contribution in [0.25, 0.3) is 0 Å². The maximum atomic E-state index is 7.08. The van der Waals surface area contributed by atoms with Crippen molar-refractivity contribution in [2.24, 2.45) is 0 Å². The van der Waals surface area contributed by atoms with Gasteiger partial charge in [0.15, 0.2) is 0 Å². The van der Waals surface area contributed by atoms with E-state index >= 15 is 0 Å². The molecule has 0 aliphatic carbocycles. The fraction of sp³-hybridized carbons (Fsp3) is 0.231. The highest BCUT2D eigenvalue weighted by atomic mass is 28.4. The molecule has 3 nitrogen and oxygen atoms in total. The summed E-state index contributed by atoms with van der Waals surface area (Å²) >= 11 is 0. The Kier molecular flexibility index (Phi) is 10.1. The lowest BCUT2D eigenvalue weighted by atomic mass is 9.77. The molecule has 5 aromatic carbocycles. The molecule has 0 aliphatic heterocycles. The molecule has 0 amide bonds.